The van der Waals surface area contributed by atoms with Crippen molar-refractivity contribution >= 4 is 11.3 Å². The molecule has 104 valence electrons. The highest BCUT2D eigenvalue weighted by molar-refractivity contribution is 7.12. The zero-order valence-corrected chi connectivity index (χ0v) is 13.0. The third-order valence-electron chi connectivity index (χ3n) is 4.41. The highest BCUT2D eigenvalue weighted by atomic mass is 32.1. The number of aryl methyl sites for hydroxylation is 2. The molecule has 2 unspecified atom stereocenters. The molecule has 1 aromatic heterocycles. The smallest absolute Gasteiger partial charge is 0.0300 e. The molecular formula is C17H25NS. The number of hydrogen-bond donors (Lipinski definition) is 1. The molecule has 1 aromatic rings. The minimum absolute atomic E-state index is 0.770. The van der Waals surface area contributed by atoms with Gasteiger partial charge in [-0.05, 0) is 69.0 Å². The molecule has 0 aromatic carbocycles. The largest absolute Gasteiger partial charge is 0.312 e. The minimum Gasteiger partial charge on any atom is -0.312 e. The lowest BCUT2D eigenvalue weighted by molar-refractivity contribution is 0.381. The van der Waals surface area contributed by atoms with E-state index in [2.05, 4.69) is 31.3 Å². The molecule has 1 N–H and O–H groups in total. The van der Waals surface area contributed by atoms with Crippen LogP contribution in [0, 0.1) is 11.8 Å². The van der Waals surface area contributed by atoms with E-state index in [0.29, 0.717) is 0 Å². The van der Waals surface area contributed by atoms with Gasteiger partial charge in [-0.25, -0.2) is 0 Å². The molecule has 0 fully saturated rings. The lowest BCUT2D eigenvalue weighted by Crippen LogP contribution is -2.25. The Hall–Kier alpha value is -0.600. The van der Waals surface area contributed by atoms with Gasteiger partial charge in [-0.3, -0.25) is 0 Å². The van der Waals surface area contributed by atoms with E-state index >= 15 is 0 Å². The second kappa shape index (κ2) is 5.80. The summed E-state index contributed by atoms with van der Waals surface area (Å²) >= 11 is 2.04. The van der Waals surface area contributed by atoms with Crippen LogP contribution in [-0.2, 0) is 19.4 Å². The standard InChI is InChI=1S/C17H25NS/c1-12-6-13(2)8-14(7-12)10-18-11-16-9-15-4-3-5-17(15)19-16/h6,9,12,14,18H,3-5,7-8,10-11H2,1-2H3. The van der Waals surface area contributed by atoms with E-state index in [4.69, 9.17) is 0 Å². The van der Waals surface area contributed by atoms with Crippen molar-refractivity contribution in [3.63, 3.8) is 0 Å². The number of nitrogens with one attached hydrogen (secondary N) is 1. The quantitative estimate of drug-likeness (QED) is 0.807. The van der Waals surface area contributed by atoms with E-state index in [9.17, 15) is 0 Å². The van der Waals surface area contributed by atoms with Crippen LogP contribution in [0.2, 0.25) is 0 Å². The fourth-order valence-electron chi connectivity index (χ4n) is 3.72. The van der Waals surface area contributed by atoms with Crippen LogP contribution in [0.25, 0.3) is 0 Å². The predicted octanol–water partition coefficient (Wildman–Crippen LogP) is 4.32. The van der Waals surface area contributed by atoms with E-state index in [1.165, 1.54) is 38.6 Å². The fourth-order valence-corrected chi connectivity index (χ4v) is 4.95. The first kappa shape index (κ1) is 13.4. The summed E-state index contributed by atoms with van der Waals surface area (Å²) < 4.78 is 0. The Labute approximate surface area is 121 Å². The molecule has 2 heteroatoms. The van der Waals surface area contributed by atoms with Gasteiger partial charge < -0.3 is 5.32 Å². The first-order chi connectivity index (χ1) is 9.20. The number of fused-ring (bicyclic) bond motifs is 1. The van der Waals surface area contributed by atoms with E-state index in [0.717, 1.165) is 18.4 Å². The van der Waals surface area contributed by atoms with Crippen LogP contribution in [0.3, 0.4) is 0 Å². The molecule has 1 heterocycles. The topological polar surface area (TPSA) is 12.0 Å². The van der Waals surface area contributed by atoms with Gasteiger partial charge in [-0.15, -0.1) is 11.3 Å². The molecule has 0 aliphatic heterocycles. The fraction of sp³-hybridized carbons (Fsp3) is 0.647. The van der Waals surface area contributed by atoms with Crippen LogP contribution in [0.5, 0.6) is 0 Å². The summed E-state index contributed by atoms with van der Waals surface area (Å²) in [5, 5.41) is 3.68. The minimum atomic E-state index is 0.770. The molecule has 0 saturated heterocycles. The molecule has 0 saturated carbocycles. The van der Waals surface area contributed by atoms with Gasteiger partial charge in [0.1, 0.15) is 0 Å². The van der Waals surface area contributed by atoms with Gasteiger partial charge in [0, 0.05) is 16.3 Å². The van der Waals surface area contributed by atoms with Crippen molar-refractivity contribution in [2.24, 2.45) is 11.8 Å². The molecule has 3 rings (SSSR count). The highest BCUT2D eigenvalue weighted by Crippen LogP contribution is 2.31. The summed E-state index contributed by atoms with van der Waals surface area (Å²) in [4.78, 5) is 3.20. The Balaban J connectivity index is 1.46. The Bertz CT molecular complexity index is 450. The summed E-state index contributed by atoms with van der Waals surface area (Å²) in [6.07, 6.45) is 9.10. The Morgan fingerprint density at radius 2 is 2.26 bits per heavy atom. The maximum absolute atomic E-state index is 3.68. The van der Waals surface area contributed by atoms with Crippen molar-refractivity contribution in [3.05, 3.63) is 33.0 Å². The summed E-state index contributed by atoms with van der Waals surface area (Å²) in [7, 11) is 0. The molecule has 2 atom stereocenters. The van der Waals surface area contributed by atoms with Crippen molar-refractivity contribution in [1.29, 1.82) is 0 Å². The average Bonchev–Trinajstić information content (AvgIpc) is 2.88. The van der Waals surface area contributed by atoms with Crippen LogP contribution in [0.15, 0.2) is 17.7 Å². The van der Waals surface area contributed by atoms with Crippen molar-refractivity contribution < 1.29 is 0 Å². The summed E-state index contributed by atoms with van der Waals surface area (Å²) in [6, 6.07) is 2.44. The maximum atomic E-state index is 3.68. The summed E-state index contributed by atoms with van der Waals surface area (Å²) in [6.45, 7) is 6.88. The molecule has 1 nitrogen and oxygen atoms in total. The third-order valence-corrected chi connectivity index (χ3v) is 5.65. The molecule has 0 spiro atoms. The number of thiophene rings is 1. The Morgan fingerprint density at radius 1 is 1.37 bits per heavy atom. The van der Waals surface area contributed by atoms with E-state index in [1.807, 2.05) is 11.3 Å². The second-order valence-corrected chi connectivity index (χ2v) is 7.66. The van der Waals surface area contributed by atoms with Crippen LogP contribution >= 0.6 is 11.3 Å². The van der Waals surface area contributed by atoms with Gasteiger partial charge >= 0.3 is 0 Å². The van der Waals surface area contributed by atoms with Crippen molar-refractivity contribution in [2.75, 3.05) is 6.54 Å². The number of allylic oxidation sites excluding steroid dienone is 2. The second-order valence-electron chi connectivity index (χ2n) is 6.44. The Kier molecular flexibility index (Phi) is 4.09. The highest BCUT2D eigenvalue weighted by Gasteiger charge is 2.18. The summed E-state index contributed by atoms with van der Waals surface area (Å²) in [5.41, 5.74) is 3.22. The van der Waals surface area contributed by atoms with Gasteiger partial charge in [-0.2, -0.15) is 0 Å². The molecule has 0 bridgehead atoms. The molecule has 2 aliphatic carbocycles. The molecule has 0 radical (unpaired) electrons. The lowest BCUT2D eigenvalue weighted by atomic mass is 9.84. The predicted molar refractivity (Wildman–Crippen MR) is 83.7 cm³/mol. The van der Waals surface area contributed by atoms with Crippen molar-refractivity contribution in [2.45, 2.75) is 52.5 Å². The SMILES string of the molecule is CC1=CC(C)CC(CNCc2cc3c(s2)CCC3)C1. The average molecular weight is 275 g/mol. The van der Waals surface area contributed by atoms with E-state index in [-0.39, 0.29) is 0 Å². The van der Waals surface area contributed by atoms with Gasteiger partial charge in [0.15, 0.2) is 0 Å². The maximum Gasteiger partial charge on any atom is 0.0300 e. The zero-order valence-electron chi connectivity index (χ0n) is 12.2. The van der Waals surface area contributed by atoms with Crippen LogP contribution in [0.1, 0.15) is 48.4 Å². The third kappa shape index (κ3) is 3.29. The van der Waals surface area contributed by atoms with Crippen LogP contribution < -0.4 is 5.32 Å². The van der Waals surface area contributed by atoms with Gasteiger partial charge in [0.2, 0.25) is 0 Å². The van der Waals surface area contributed by atoms with Crippen molar-refractivity contribution in [3.8, 4) is 0 Å². The van der Waals surface area contributed by atoms with Gasteiger partial charge in [0.05, 0.1) is 0 Å². The lowest BCUT2D eigenvalue weighted by Gasteiger charge is -2.25. The zero-order chi connectivity index (χ0) is 13.2. The molecule has 2 aliphatic rings. The first-order valence-corrected chi connectivity index (χ1v) is 8.51. The first-order valence-electron chi connectivity index (χ1n) is 7.69. The van der Waals surface area contributed by atoms with Crippen LogP contribution in [0.4, 0.5) is 0 Å². The Morgan fingerprint density at radius 3 is 3.05 bits per heavy atom. The molecule has 19 heavy (non-hydrogen) atoms. The number of rotatable bonds is 4. The van der Waals surface area contributed by atoms with Crippen LogP contribution in [-0.4, -0.2) is 6.54 Å². The van der Waals surface area contributed by atoms with Gasteiger partial charge in [0.25, 0.3) is 0 Å². The molecular weight excluding hydrogens is 250 g/mol. The summed E-state index contributed by atoms with van der Waals surface area (Å²) in [5.74, 6) is 1.61. The monoisotopic (exact) mass is 275 g/mol. The van der Waals surface area contributed by atoms with Crippen molar-refractivity contribution in [1.82, 2.24) is 5.32 Å². The van der Waals surface area contributed by atoms with E-state index < -0.39 is 0 Å². The van der Waals surface area contributed by atoms with E-state index in [1.54, 1.807) is 20.9 Å². The van der Waals surface area contributed by atoms with Gasteiger partial charge in [-0.1, -0.05) is 18.6 Å². The number of hydrogen-bond acceptors (Lipinski definition) is 2. The normalized spacial score (nSPS) is 26.3. The molecule has 0 amide bonds.